The molecule has 2 rings (SSSR count). The standard InChI is InChI=1S/C12H22N2O2S/c1-17(15,16)14-9-7-12(8-10-14)13-11-5-3-2-4-6-11/h3,5,11-13H,2,4,6-10H2,1H3. The van der Waals surface area contributed by atoms with Gasteiger partial charge in [0.25, 0.3) is 0 Å². The first-order valence-corrected chi connectivity index (χ1v) is 8.28. The summed E-state index contributed by atoms with van der Waals surface area (Å²) in [6.45, 7) is 1.32. The van der Waals surface area contributed by atoms with Crippen molar-refractivity contribution in [3.63, 3.8) is 0 Å². The molecule has 98 valence electrons. The summed E-state index contributed by atoms with van der Waals surface area (Å²) in [6.07, 6.45) is 11.3. The van der Waals surface area contributed by atoms with Crippen LogP contribution >= 0.6 is 0 Å². The molecule has 0 saturated carbocycles. The van der Waals surface area contributed by atoms with Gasteiger partial charge in [0.2, 0.25) is 10.0 Å². The number of allylic oxidation sites excluding steroid dienone is 1. The van der Waals surface area contributed by atoms with E-state index in [-0.39, 0.29) is 0 Å². The van der Waals surface area contributed by atoms with Crippen molar-refractivity contribution in [1.29, 1.82) is 0 Å². The Balaban J connectivity index is 1.79. The molecule has 0 aromatic carbocycles. The van der Waals surface area contributed by atoms with Crippen LogP contribution in [0.1, 0.15) is 32.1 Å². The monoisotopic (exact) mass is 258 g/mol. The third kappa shape index (κ3) is 3.79. The number of piperidine rings is 1. The van der Waals surface area contributed by atoms with Crippen LogP contribution in [0.2, 0.25) is 0 Å². The molecule has 17 heavy (non-hydrogen) atoms. The third-order valence-corrected chi connectivity index (χ3v) is 4.93. The summed E-state index contributed by atoms with van der Waals surface area (Å²) in [6, 6.07) is 0.972. The van der Waals surface area contributed by atoms with Crippen LogP contribution in [-0.4, -0.2) is 44.2 Å². The Labute approximate surface area is 104 Å². The maximum Gasteiger partial charge on any atom is 0.211 e. The number of sulfonamides is 1. The van der Waals surface area contributed by atoms with Gasteiger partial charge in [0, 0.05) is 25.2 Å². The second kappa shape index (κ2) is 5.50. The molecular formula is C12H22N2O2S. The van der Waals surface area contributed by atoms with E-state index >= 15 is 0 Å². The number of rotatable bonds is 3. The van der Waals surface area contributed by atoms with Gasteiger partial charge in [-0.3, -0.25) is 0 Å². The van der Waals surface area contributed by atoms with E-state index in [0.717, 1.165) is 12.8 Å². The van der Waals surface area contributed by atoms with Gasteiger partial charge in [-0.25, -0.2) is 12.7 Å². The van der Waals surface area contributed by atoms with E-state index in [4.69, 9.17) is 0 Å². The van der Waals surface area contributed by atoms with Gasteiger partial charge in [0.1, 0.15) is 0 Å². The van der Waals surface area contributed by atoms with Crippen LogP contribution in [0.4, 0.5) is 0 Å². The van der Waals surface area contributed by atoms with Gasteiger partial charge in [0.15, 0.2) is 0 Å². The molecule has 0 amide bonds. The summed E-state index contributed by atoms with van der Waals surface area (Å²) < 4.78 is 24.3. The molecule has 0 spiro atoms. The fourth-order valence-electron chi connectivity index (χ4n) is 2.61. The number of hydrogen-bond donors (Lipinski definition) is 1. The summed E-state index contributed by atoms with van der Waals surface area (Å²) in [5.41, 5.74) is 0. The Morgan fingerprint density at radius 2 is 1.94 bits per heavy atom. The van der Waals surface area contributed by atoms with E-state index in [0.29, 0.717) is 25.2 Å². The Bertz CT molecular complexity index is 370. The molecule has 4 nitrogen and oxygen atoms in total. The topological polar surface area (TPSA) is 49.4 Å². The highest BCUT2D eigenvalue weighted by molar-refractivity contribution is 7.88. The van der Waals surface area contributed by atoms with Crippen LogP contribution in [0.15, 0.2) is 12.2 Å². The van der Waals surface area contributed by atoms with Crippen molar-refractivity contribution in [2.45, 2.75) is 44.2 Å². The van der Waals surface area contributed by atoms with Crippen molar-refractivity contribution in [2.75, 3.05) is 19.3 Å². The smallest absolute Gasteiger partial charge is 0.211 e. The second-order valence-corrected chi connectivity index (χ2v) is 7.05. The number of nitrogens with zero attached hydrogens (tertiary/aromatic N) is 1. The second-order valence-electron chi connectivity index (χ2n) is 5.07. The van der Waals surface area contributed by atoms with E-state index in [1.165, 1.54) is 25.5 Å². The van der Waals surface area contributed by atoms with Crippen LogP contribution in [0.5, 0.6) is 0 Å². The van der Waals surface area contributed by atoms with Crippen molar-refractivity contribution < 1.29 is 8.42 Å². The SMILES string of the molecule is CS(=O)(=O)N1CCC(NC2C=CCCC2)CC1. The molecule has 2 aliphatic rings. The normalized spacial score (nSPS) is 28.4. The number of hydrogen-bond acceptors (Lipinski definition) is 3. The third-order valence-electron chi connectivity index (χ3n) is 3.63. The zero-order valence-corrected chi connectivity index (χ0v) is 11.2. The molecular weight excluding hydrogens is 236 g/mol. The van der Waals surface area contributed by atoms with Crippen LogP contribution in [-0.2, 0) is 10.0 Å². The summed E-state index contributed by atoms with van der Waals surface area (Å²) in [7, 11) is -2.99. The first-order valence-electron chi connectivity index (χ1n) is 6.43. The highest BCUT2D eigenvalue weighted by Crippen LogP contribution is 2.16. The highest BCUT2D eigenvalue weighted by atomic mass is 32.2. The first-order chi connectivity index (χ1) is 8.05. The Hall–Kier alpha value is -0.390. The van der Waals surface area contributed by atoms with Crippen LogP contribution < -0.4 is 5.32 Å². The van der Waals surface area contributed by atoms with Crippen molar-refractivity contribution in [3.8, 4) is 0 Å². The first kappa shape index (κ1) is 13.1. The Kier molecular flexibility index (Phi) is 4.22. The molecule has 1 heterocycles. The van der Waals surface area contributed by atoms with E-state index in [9.17, 15) is 8.42 Å². The molecule has 1 aliphatic carbocycles. The Morgan fingerprint density at radius 1 is 1.24 bits per heavy atom. The lowest BCUT2D eigenvalue weighted by Gasteiger charge is -2.33. The molecule has 1 fully saturated rings. The van der Waals surface area contributed by atoms with Gasteiger partial charge >= 0.3 is 0 Å². The van der Waals surface area contributed by atoms with Crippen molar-refractivity contribution in [1.82, 2.24) is 9.62 Å². The lowest BCUT2D eigenvalue weighted by atomic mass is 9.99. The maximum absolute atomic E-state index is 11.4. The van der Waals surface area contributed by atoms with Gasteiger partial charge in [-0.15, -0.1) is 0 Å². The quantitative estimate of drug-likeness (QED) is 0.772. The zero-order valence-electron chi connectivity index (χ0n) is 10.4. The van der Waals surface area contributed by atoms with E-state index < -0.39 is 10.0 Å². The molecule has 1 aliphatic heterocycles. The maximum atomic E-state index is 11.4. The van der Waals surface area contributed by atoms with Crippen LogP contribution in [0, 0.1) is 0 Å². The molecule has 5 heteroatoms. The van der Waals surface area contributed by atoms with E-state index in [2.05, 4.69) is 17.5 Å². The lowest BCUT2D eigenvalue weighted by molar-refractivity contribution is 0.278. The summed E-state index contributed by atoms with van der Waals surface area (Å²) in [5.74, 6) is 0. The molecule has 1 saturated heterocycles. The summed E-state index contributed by atoms with van der Waals surface area (Å²) >= 11 is 0. The molecule has 1 atom stereocenters. The van der Waals surface area contributed by atoms with E-state index in [1.54, 1.807) is 4.31 Å². The van der Waals surface area contributed by atoms with Crippen molar-refractivity contribution in [3.05, 3.63) is 12.2 Å². The number of nitrogens with one attached hydrogen (secondary N) is 1. The van der Waals surface area contributed by atoms with Gasteiger partial charge in [-0.1, -0.05) is 12.2 Å². The molecule has 1 unspecified atom stereocenters. The Morgan fingerprint density at radius 3 is 2.47 bits per heavy atom. The highest BCUT2D eigenvalue weighted by Gasteiger charge is 2.25. The predicted molar refractivity (Wildman–Crippen MR) is 69.4 cm³/mol. The average Bonchev–Trinajstić information content (AvgIpc) is 2.30. The van der Waals surface area contributed by atoms with Crippen molar-refractivity contribution >= 4 is 10.0 Å². The van der Waals surface area contributed by atoms with E-state index in [1.807, 2.05) is 0 Å². The largest absolute Gasteiger partial charge is 0.308 e. The van der Waals surface area contributed by atoms with Gasteiger partial charge < -0.3 is 5.32 Å². The summed E-state index contributed by atoms with van der Waals surface area (Å²) in [4.78, 5) is 0. The molecule has 1 N–H and O–H groups in total. The van der Waals surface area contributed by atoms with Crippen molar-refractivity contribution in [2.24, 2.45) is 0 Å². The zero-order chi connectivity index (χ0) is 12.3. The lowest BCUT2D eigenvalue weighted by Crippen LogP contribution is -2.47. The molecule has 0 bridgehead atoms. The van der Waals surface area contributed by atoms with Gasteiger partial charge in [0.05, 0.1) is 6.26 Å². The predicted octanol–water partition coefficient (Wildman–Crippen LogP) is 1.11. The minimum Gasteiger partial charge on any atom is -0.308 e. The van der Waals surface area contributed by atoms with Crippen LogP contribution in [0.3, 0.4) is 0 Å². The summed E-state index contributed by atoms with van der Waals surface area (Å²) in [5, 5.41) is 3.62. The molecule has 0 aromatic heterocycles. The fraction of sp³-hybridized carbons (Fsp3) is 0.833. The fourth-order valence-corrected chi connectivity index (χ4v) is 3.48. The minimum atomic E-state index is -2.99. The molecule has 0 aromatic rings. The average molecular weight is 258 g/mol. The molecule has 0 radical (unpaired) electrons. The van der Waals surface area contributed by atoms with Gasteiger partial charge in [-0.2, -0.15) is 0 Å². The van der Waals surface area contributed by atoms with Gasteiger partial charge in [-0.05, 0) is 32.1 Å². The minimum absolute atomic E-state index is 0.473. The van der Waals surface area contributed by atoms with Crippen LogP contribution in [0.25, 0.3) is 0 Å².